The molecule has 0 radical (unpaired) electrons. The molecule has 2 aromatic carbocycles. The van der Waals surface area contributed by atoms with Gasteiger partial charge in [-0.3, -0.25) is 5.43 Å². The fraction of sp³-hybridized carbons (Fsp3) is 0.0769. The summed E-state index contributed by atoms with van der Waals surface area (Å²) in [6, 6.07) is 18.0. The Balaban J connectivity index is 2.36. The van der Waals surface area contributed by atoms with Gasteiger partial charge >= 0.3 is 0 Å². The second-order valence-corrected chi connectivity index (χ2v) is 3.45. The Morgan fingerprint density at radius 3 is 2.38 bits per heavy atom. The summed E-state index contributed by atoms with van der Waals surface area (Å²) < 4.78 is 0. The molecule has 0 aromatic heterocycles. The van der Waals surface area contributed by atoms with Crippen LogP contribution in [0.25, 0.3) is 11.1 Å². The van der Waals surface area contributed by atoms with Gasteiger partial charge in [0.15, 0.2) is 0 Å². The van der Waals surface area contributed by atoms with Gasteiger partial charge in [-0.1, -0.05) is 54.6 Å². The van der Waals surface area contributed by atoms with Gasteiger partial charge < -0.3 is 0 Å². The average molecular weight is 212 g/mol. The molecule has 0 aliphatic rings. The Bertz CT molecular complexity index is 468. The molecule has 16 heavy (non-hydrogen) atoms. The van der Waals surface area contributed by atoms with Crippen molar-refractivity contribution in [3.05, 3.63) is 65.1 Å². The molecular formula is C13H12N2O. The molecule has 2 rings (SSSR count). The van der Waals surface area contributed by atoms with Crippen molar-refractivity contribution in [1.82, 2.24) is 5.43 Å². The fourth-order valence-electron chi connectivity index (χ4n) is 1.69. The zero-order valence-corrected chi connectivity index (χ0v) is 8.76. The highest BCUT2D eigenvalue weighted by Gasteiger charge is 2.02. The maximum atomic E-state index is 10.1. The number of hydrogen-bond acceptors (Lipinski definition) is 2. The molecule has 0 saturated carbocycles. The molecule has 0 saturated heterocycles. The third-order valence-electron chi connectivity index (χ3n) is 2.44. The van der Waals surface area contributed by atoms with E-state index in [1.54, 1.807) is 0 Å². The predicted octanol–water partition coefficient (Wildman–Crippen LogP) is 3.12. The summed E-state index contributed by atoms with van der Waals surface area (Å²) in [6.45, 7) is 0.453. The molecule has 3 nitrogen and oxygen atoms in total. The van der Waals surface area contributed by atoms with Crippen LogP contribution in [0.4, 0.5) is 0 Å². The summed E-state index contributed by atoms with van der Waals surface area (Å²) in [5, 5.41) is 2.67. The molecule has 0 heterocycles. The second kappa shape index (κ2) is 5.07. The Morgan fingerprint density at radius 1 is 0.938 bits per heavy atom. The van der Waals surface area contributed by atoms with Gasteiger partial charge in [0.2, 0.25) is 0 Å². The summed E-state index contributed by atoms with van der Waals surface area (Å²) >= 11 is 0. The van der Waals surface area contributed by atoms with E-state index in [1.165, 1.54) is 0 Å². The molecule has 0 aliphatic carbocycles. The van der Waals surface area contributed by atoms with Crippen molar-refractivity contribution < 1.29 is 0 Å². The number of hydrogen-bond donors (Lipinski definition) is 1. The number of benzene rings is 2. The summed E-state index contributed by atoms with van der Waals surface area (Å²) in [4.78, 5) is 10.1. The molecule has 0 atom stereocenters. The SMILES string of the molecule is O=NNCc1ccccc1-c1ccccc1. The zero-order chi connectivity index (χ0) is 11.2. The van der Waals surface area contributed by atoms with Crippen molar-refractivity contribution in [1.29, 1.82) is 0 Å². The van der Waals surface area contributed by atoms with E-state index in [2.05, 4.69) is 10.7 Å². The van der Waals surface area contributed by atoms with Gasteiger partial charge in [-0.05, 0) is 16.7 Å². The quantitative estimate of drug-likeness (QED) is 0.625. The van der Waals surface area contributed by atoms with Crippen LogP contribution in [-0.4, -0.2) is 0 Å². The van der Waals surface area contributed by atoms with Crippen molar-refractivity contribution in [2.24, 2.45) is 5.29 Å². The number of nitroso groups, excluding NO2 is 1. The monoisotopic (exact) mass is 212 g/mol. The van der Waals surface area contributed by atoms with Gasteiger partial charge in [-0.15, -0.1) is 4.91 Å². The van der Waals surface area contributed by atoms with Crippen LogP contribution in [0.3, 0.4) is 0 Å². The lowest BCUT2D eigenvalue weighted by atomic mass is 10.00. The van der Waals surface area contributed by atoms with Crippen LogP contribution in [0, 0.1) is 4.91 Å². The summed E-state index contributed by atoms with van der Waals surface area (Å²) in [5.41, 5.74) is 5.78. The Labute approximate surface area is 94.1 Å². The van der Waals surface area contributed by atoms with Crippen molar-refractivity contribution in [2.45, 2.75) is 6.54 Å². The Morgan fingerprint density at radius 2 is 1.62 bits per heavy atom. The lowest BCUT2D eigenvalue weighted by Gasteiger charge is -2.08. The highest BCUT2D eigenvalue weighted by molar-refractivity contribution is 5.67. The summed E-state index contributed by atoms with van der Waals surface area (Å²) in [7, 11) is 0. The van der Waals surface area contributed by atoms with Crippen LogP contribution in [-0.2, 0) is 6.54 Å². The predicted molar refractivity (Wildman–Crippen MR) is 64.5 cm³/mol. The van der Waals surface area contributed by atoms with Gasteiger partial charge in [0, 0.05) is 5.29 Å². The van der Waals surface area contributed by atoms with Gasteiger partial charge in [0.1, 0.15) is 0 Å². The first-order chi connectivity index (χ1) is 7.92. The molecule has 0 amide bonds. The highest BCUT2D eigenvalue weighted by atomic mass is 16.3. The molecule has 0 unspecified atom stereocenters. The molecule has 0 aliphatic heterocycles. The van der Waals surface area contributed by atoms with Crippen LogP contribution in [0.1, 0.15) is 5.56 Å². The molecule has 0 spiro atoms. The maximum Gasteiger partial charge on any atom is 0.0618 e. The molecule has 0 fully saturated rings. The molecule has 80 valence electrons. The third-order valence-corrected chi connectivity index (χ3v) is 2.44. The fourth-order valence-corrected chi connectivity index (χ4v) is 1.69. The first kappa shape index (κ1) is 10.4. The minimum Gasteiger partial charge on any atom is -0.269 e. The van der Waals surface area contributed by atoms with Crippen LogP contribution >= 0.6 is 0 Å². The molecule has 0 bridgehead atoms. The van der Waals surface area contributed by atoms with E-state index in [0.29, 0.717) is 6.54 Å². The minimum atomic E-state index is 0.453. The van der Waals surface area contributed by atoms with E-state index < -0.39 is 0 Å². The minimum absolute atomic E-state index is 0.453. The standard InChI is InChI=1S/C13H12N2O/c16-15-14-10-12-8-4-5-9-13(12)11-6-2-1-3-7-11/h1-9H,10H2,(H,14,16). The summed E-state index contributed by atoms with van der Waals surface area (Å²) in [5.74, 6) is 0. The lowest BCUT2D eigenvalue weighted by molar-refractivity contribution is 0.738. The molecule has 2 aromatic rings. The van der Waals surface area contributed by atoms with Gasteiger partial charge in [-0.25, -0.2) is 0 Å². The first-order valence-electron chi connectivity index (χ1n) is 5.10. The molecular weight excluding hydrogens is 200 g/mol. The van der Waals surface area contributed by atoms with Crippen LogP contribution in [0.15, 0.2) is 59.9 Å². The first-order valence-corrected chi connectivity index (χ1v) is 5.10. The summed E-state index contributed by atoms with van der Waals surface area (Å²) in [6.07, 6.45) is 0. The third kappa shape index (κ3) is 2.25. The van der Waals surface area contributed by atoms with Gasteiger partial charge in [-0.2, -0.15) is 0 Å². The van der Waals surface area contributed by atoms with Crippen LogP contribution in [0.5, 0.6) is 0 Å². The van der Waals surface area contributed by atoms with E-state index in [4.69, 9.17) is 0 Å². The Kier molecular flexibility index (Phi) is 3.28. The Hall–Kier alpha value is -2.16. The number of rotatable bonds is 4. The van der Waals surface area contributed by atoms with Crippen LogP contribution < -0.4 is 5.43 Å². The topological polar surface area (TPSA) is 41.5 Å². The van der Waals surface area contributed by atoms with Crippen molar-refractivity contribution >= 4 is 0 Å². The van der Waals surface area contributed by atoms with E-state index in [-0.39, 0.29) is 0 Å². The van der Waals surface area contributed by atoms with E-state index in [9.17, 15) is 4.91 Å². The largest absolute Gasteiger partial charge is 0.269 e. The maximum absolute atomic E-state index is 10.1. The number of nitrogens with zero attached hydrogens (tertiary/aromatic N) is 1. The van der Waals surface area contributed by atoms with Crippen molar-refractivity contribution in [2.75, 3.05) is 0 Å². The smallest absolute Gasteiger partial charge is 0.0618 e. The highest BCUT2D eigenvalue weighted by Crippen LogP contribution is 2.22. The lowest BCUT2D eigenvalue weighted by Crippen LogP contribution is -2.04. The normalized spacial score (nSPS) is 9.75. The second-order valence-electron chi connectivity index (χ2n) is 3.45. The van der Waals surface area contributed by atoms with Gasteiger partial charge in [0.25, 0.3) is 0 Å². The molecule has 3 heteroatoms. The average Bonchev–Trinajstić information content (AvgIpc) is 2.38. The van der Waals surface area contributed by atoms with Crippen LogP contribution in [0.2, 0.25) is 0 Å². The number of nitrogens with one attached hydrogen (secondary N) is 1. The zero-order valence-electron chi connectivity index (χ0n) is 8.76. The van der Waals surface area contributed by atoms with Crippen molar-refractivity contribution in [3.63, 3.8) is 0 Å². The van der Waals surface area contributed by atoms with E-state index >= 15 is 0 Å². The van der Waals surface area contributed by atoms with Crippen molar-refractivity contribution in [3.8, 4) is 11.1 Å². The molecule has 1 N–H and O–H groups in total. The van der Waals surface area contributed by atoms with E-state index in [1.807, 2.05) is 54.6 Å². The van der Waals surface area contributed by atoms with E-state index in [0.717, 1.165) is 16.7 Å². The van der Waals surface area contributed by atoms with Gasteiger partial charge in [0.05, 0.1) is 6.54 Å².